The summed E-state index contributed by atoms with van der Waals surface area (Å²) in [5.74, 6) is -0.642. The summed E-state index contributed by atoms with van der Waals surface area (Å²) in [5.41, 5.74) is 1.91. The van der Waals surface area contributed by atoms with Gasteiger partial charge in [0, 0.05) is 16.5 Å². The Balaban J connectivity index is 1.94. The molecule has 0 saturated heterocycles. The molecule has 0 aliphatic carbocycles. The maximum absolute atomic E-state index is 13.2. The average molecular weight is 399 g/mol. The normalized spacial score (nSPS) is 10.4. The number of carbonyl (C=O) groups excluding carboxylic acids is 2. The predicted molar refractivity (Wildman–Crippen MR) is 107 cm³/mol. The van der Waals surface area contributed by atoms with Gasteiger partial charge in [0.2, 0.25) is 0 Å². The molecule has 2 aromatic carbocycles. The van der Waals surface area contributed by atoms with Crippen molar-refractivity contribution >= 4 is 28.2 Å². The highest BCUT2D eigenvalue weighted by molar-refractivity contribution is 7.15. The number of rotatable bonds is 6. The molecule has 144 valence electrons. The number of halogens is 1. The van der Waals surface area contributed by atoms with Crippen molar-refractivity contribution in [2.24, 2.45) is 0 Å². The first-order chi connectivity index (χ1) is 13.5. The Bertz CT molecular complexity index is 981. The lowest BCUT2D eigenvalue weighted by Crippen LogP contribution is -2.14. The molecule has 3 aromatic rings. The molecule has 7 heteroatoms. The standard InChI is InChI=1S/C21H18FNO4S/c1-3-27-21(25)18-17(13-4-8-15(22)9-5-13)12-28-20(18)23-19(24)14-6-10-16(26-2)11-7-14/h4-12H,3H2,1-2H3,(H,23,24). The maximum atomic E-state index is 13.2. The van der Waals surface area contributed by atoms with E-state index in [2.05, 4.69) is 5.32 Å². The minimum Gasteiger partial charge on any atom is -0.497 e. The van der Waals surface area contributed by atoms with Gasteiger partial charge in [-0.3, -0.25) is 4.79 Å². The molecule has 5 nitrogen and oxygen atoms in total. The summed E-state index contributed by atoms with van der Waals surface area (Å²) in [7, 11) is 1.54. The van der Waals surface area contributed by atoms with Crippen LogP contribution in [0.25, 0.3) is 11.1 Å². The summed E-state index contributed by atoms with van der Waals surface area (Å²) in [6.45, 7) is 1.90. The number of hydrogen-bond donors (Lipinski definition) is 1. The quantitative estimate of drug-likeness (QED) is 0.593. The molecule has 1 N–H and O–H groups in total. The fourth-order valence-electron chi connectivity index (χ4n) is 2.62. The summed E-state index contributed by atoms with van der Waals surface area (Å²) >= 11 is 1.21. The number of anilines is 1. The van der Waals surface area contributed by atoms with Crippen molar-refractivity contribution in [2.75, 3.05) is 19.0 Å². The number of esters is 1. The third-order valence-electron chi connectivity index (χ3n) is 4.01. The summed E-state index contributed by atoms with van der Waals surface area (Å²) in [5, 5.41) is 4.88. The molecule has 0 unspecified atom stereocenters. The molecule has 0 aliphatic heterocycles. The minimum absolute atomic E-state index is 0.198. The van der Waals surface area contributed by atoms with Gasteiger partial charge in [-0.05, 0) is 48.9 Å². The zero-order valence-electron chi connectivity index (χ0n) is 15.3. The molecule has 0 saturated carbocycles. The lowest BCUT2D eigenvalue weighted by molar-refractivity contribution is 0.0529. The van der Waals surface area contributed by atoms with Gasteiger partial charge in [-0.15, -0.1) is 11.3 Å². The summed E-state index contributed by atoms with van der Waals surface area (Å²) < 4.78 is 23.5. The van der Waals surface area contributed by atoms with Gasteiger partial charge in [-0.1, -0.05) is 12.1 Å². The molecule has 1 heterocycles. The number of carbonyl (C=O) groups is 2. The van der Waals surface area contributed by atoms with E-state index in [9.17, 15) is 14.0 Å². The average Bonchev–Trinajstić information content (AvgIpc) is 3.12. The fourth-order valence-corrected chi connectivity index (χ4v) is 3.57. The Labute approximate surface area is 165 Å². The smallest absolute Gasteiger partial charge is 0.341 e. The second-order valence-electron chi connectivity index (χ2n) is 5.76. The second-order valence-corrected chi connectivity index (χ2v) is 6.64. The molecule has 1 aromatic heterocycles. The van der Waals surface area contributed by atoms with Gasteiger partial charge in [0.1, 0.15) is 22.1 Å². The minimum atomic E-state index is -0.548. The lowest BCUT2D eigenvalue weighted by Gasteiger charge is -2.09. The van der Waals surface area contributed by atoms with Crippen molar-refractivity contribution in [3.63, 3.8) is 0 Å². The summed E-state index contributed by atoms with van der Waals surface area (Å²) in [6, 6.07) is 12.4. The van der Waals surface area contributed by atoms with Crippen LogP contribution in [-0.2, 0) is 4.74 Å². The Kier molecular flexibility index (Phi) is 6.06. The number of benzene rings is 2. The highest BCUT2D eigenvalue weighted by Crippen LogP contribution is 2.36. The van der Waals surface area contributed by atoms with Crippen LogP contribution in [0.15, 0.2) is 53.9 Å². The third kappa shape index (κ3) is 4.20. The van der Waals surface area contributed by atoms with E-state index in [-0.39, 0.29) is 23.9 Å². The Hall–Kier alpha value is -3.19. The first-order valence-electron chi connectivity index (χ1n) is 8.53. The van der Waals surface area contributed by atoms with Crippen molar-refractivity contribution in [1.29, 1.82) is 0 Å². The number of ether oxygens (including phenoxy) is 2. The first kappa shape index (κ1) is 19.6. The van der Waals surface area contributed by atoms with E-state index in [1.807, 2.05) is 0 Å². The van der Waals surface area contributed by atoms with Crippen LogP contribution in [0.4, 0.5) is 9.39 Å². The van der Waals surface area contributed by atoms with Gasteiger partial charge in [0.05, 0.1) is 13.7 Å². The molecular weight excluding hydrogens is 381 g/mol. The van der Waals surface area contributed by atoms with E-state index in [4.69, 9.17) is 9.47 Å². The van der Waals surface area contributed by atoms with Gasteiger partial charge in [0.15, 0.2) is 0 Å². The van der Waals surface area contributed by atoms with Gasteiger partial charge in [-0.2, -0.15) is 0 Å². The fraction of sp³-hybridized carbons (Fsp3) is 0.143. The first-order valence-corrected chi connectivity index (χ1v) is 9.41. The SMILES string of the molecule is CCOC(=O)c1c(-c2ccc(F)cc2)csc1NC(=O)c1ccc(OC)cc1. The van der Waals surface area contributed by atoms with Crippen LogP contribution in [-0.4, -0.2) is 25.6 Å². The van der Waals surface area contributed by atoms with Crippen molar-refractivity contribution in [2.45, 2.75) is 6.92 Å². The molecule has 3 rings (SSSR count). The zero-order chi connectivity index (χ0) is 20.1. The van der Waals surface area contributed by atoms with Crippen LogP contribution in [0.5, 0.6) is 5.75 Å². The molecule has 1 amide bonds. The monoisotopic (exact) mass is 399 g/mol. The number of nitrogens with one attached hydrogen (secondary N) is 1. The predicted octanol–water partition coefficient (Wildman–Crippen LogP) is 4.99. The van der Waals surface area contributed by atoms with Gasteiger partial charge < -0.3 is 14.8 Å². The number of hydrogen-bond acceptors (Lipinski definition) is 5. The Morgan fingerprint density at radius 2 is 1.75 bits per heavy atom. The van der Waals surface area contributed by atoms with Crippen LogP contribution in [0.3, 0.4) is 0 Å². The molecule has 0 aliphatic rings. The van der Waals surface area contributed by atoms with E-state index in [0.29, 0.717) is 27.4 Å². The molecule has 0 bridgehead atoms. The number of amides is 1. The van der Waals surface area contributed by atoms with Crippen molar-refractivity contribution in [3.05, 3.63) is 70.9 Å². The van der Waals surface area contributed by atoms with Crippen LogP contribution in [0, 0.1) is 5.82 Å². The van der Waals surface area contributed by atoms with E-state index in [0.717, 1.165) is 0 Å². The summed E-state index contributed by atoms with van der Waals surface area (Å²) in [4.78, 5) is 25.1. The van der Waals surface area contributed by atoms with Gasteiger partial charge in [0.25, 0.3) is 5.91 Å². The molecule has 0 atom stereocenters. The Morgan fingerprint density at radius 3 is 2.36 bits per heavy atom. The van der Waals surface area contributed by atoms with Crippen molar-refractivity contribution in [1.82, 2.24) is 0 Å². The van der Waals surface area contributed by atoms with E-state index in [1.165, 1.54) is 23.5 Å². The number of thiophene rings is 1. The van der Waals surface area contributed by atoms with Crippen LogP contribution >= 0.6 is 11.3 Å². The third-order valence-corrected chi connectivity index (χ3v) is 4.90. The van der Waals surface area contributed by atoms with Crippen molar-refractivity contribution in [3.8, 4) is 16.9 Å². The zero-order valence-corrected chi connectivity index (χ0v) is 16.1. The van der Waals surface area contributed by atoms with Crippen LogP contribution < -0.4 is 10.1 Å². The Morgan fingerprint density at radius 1 is 1.07 bits per heavy atom. The second kappa shape index (κ2) is 8.67. The summed E-state index contributed by atoms with van der Waals surface area (Å²) in [6.07, 6.45) is 0. The van der Waals surface area contributed by atoms with Gasteiger partial charge >= 0.3 is 5.97 Å². The van der Waals surface area contributed by atoms with Gasteiger partial charge in [-0.25, -0.2) is 9.18 Å². The highest BCUT2D eigenvalue weighted by atomic mass is 32.1. The largest absolute Gasteiger partial charge is 0.497 e. The molecule has 0 spiro atoms. The number of methoxy groups -OCH3 is 1. The molecular formula is C21H18FNO4S. The van der Waals surface area contributed by atoms with Crippen LogP contribution in [0.1, 0.15) is 27.6 Å². The van der Waals surface area contributed by atoms with Crippen LogP contribution in [0.2, 0.25) is 0 Å². The highest BCUT2D eigenvalue weighted by Gasteiger charge is 2.23. The maximum Gasteiger partial charge on any atom is 0.341 e. The topological polar surface area (TPSA) is 64.6 Å². The molecule has 0 radical (unpaired) electrons. The van der Waals surface area contributed by atoms with Crippen molar-refractivity contribution < 1.29 is 23.5 Å². The van der Waals surface area contributed by atoms with E-state index in [1.54, 1.807) is 55.8 Å². The molecule has 28 heavy (non-hydrogen) atoms. The van der Waals surface area contributed by atoms with E-state index < -0.39 is 5.97 Å². The molecule has 0 fully saturated rings. The van der Waals surface area contributed by atoms with E-state index >= 15 is 0 Å². The lowest BCUT2D eigenvalue weighted by atomic mass is 10.0.